The second-order valence-corrected chi connectivity index (χ2v) is 6.97. The third-order valence-electron chi connectivity index (χ3n) is 4.41. The Morgan fingerprint density at radius 1 is 1.21 bits per heavy atom. The molecule has 28 heavy (non-hydrogen) atoms. The van der Waals surface area contributed by atoms with Gasteiger partial charge in [0.25, 0.3) is 5.91 Å². The van der Waals surface area contributed by atoms with E-state index in [1.54, 1.807) is 25.1 Å². The second kappa shape index (κ2) is 8.75. The van der Waals surface area contributed by atoms with Crippen LogP contribution in [0.3, 0.4) is 0 Å². The summed E-state index contributed by atoms with van der Waals surface area (Å²) in [7, 11) is 0. The van der Waals surface area contributed by atoms with Gasteiger partial charge in [0, 0.05) is 47.7 Å². The summed E-state index contributed by atoms with van der Waals surface area (Å²) in [5.41, 5.74) is 1.69. The SMILES string of the molecule is C[C@@](O)(Cc1c[nH]c2ccccc12)NC(=O)c1cccc(C#CCCCO)c1. The number of aromatic nitrogens is 1. The van der Waals surface area contributed by atoms with Crippen molar-refractivity contribution in [2.45, 2.75) is 31.9 Å². The fraction of sp³-hybridized carbons (Fsp3) is 0.261. The van der Waals surface area contributed by atoms with Crippen LogP contribution in [0.5, 0.6) is 0 Å². The quantitative estimate of drug-likeness (QED) is 0.303. The van der Waals surface area contributed by atoms with Gasteiger partial charge in [-0.3, -0.25) is 4.79 Å². The van der Waals surface area contributed by atoms with Crippen molar-refractivity contribution in [2.24, 2.45) is 0 Å². The first-order chi connectivity index (χ1) is 13.5. The molecular formula is C23H24N2O3. The van der Waals surface area contributed by atoms with E-state index in [0.717, 1.165) is 22.0 Å². The number of hydrogen-bond acceptors (Lipinski definition) is 3. The van der Waals surface area contributed by atoms with Gasteiger partial charge in [0.15, 0.2) is 0 Å². The number of hydrogen-bond donors (Lipinski definition) is 4. The monoisotopic (exact) mass is 376 g/mol. The second-order valence-electron chi connectivity index (χ2n) is 6.97. The molecule has 0 aliphatic carbocycles. The number of fused-ring (bicyclic) bond motifs is 1. The Balaban J connectivity index is 1.70. The van der Waals surface area contributed by atoms with Crippen molar-refractivity contribution >= 4 is 16.8 Å². The molecular weight excluding hydrogens is 352 g/mol. The van der Waals surface area contributed by atoms with E-state index in [0.29, 0.717) is 18.4 Å². The van der Waals surface area contributed by atoms with E-state index in [1.807, 2.05) is 36.5 Å². The number of aliphatic hydroxyl groups excluding tert-OH is 1. The van der Waals surface area contributed by atoms with Crippen LogP contribution in [-0.4, -0.2) is 33.4 Å². The summed E-state index contributed by atoms with van der Waals surface area (Å²) < 4.78 is 0. The predicted molar refractivity (Wildman–Crippen MR) is 110 cm³/mol. The number of carbonyl (C=O) groups is 1. The average Bonchev–Trinajstić information content (AvgIpc) is 3.07. The third-order valence-corrected chi connectivity index (χ3v) is 4.41. The average molecular weight is 376 g/mol. The van der Waals surface area contributed by atoms with E-state index in [4.69, 9.17) is 5.11 Å². The molecule has 0 saturated carbocycles. The number of H-pyrrole nitrogens is 1. The van der Waals surface area contributed by atoms with Crippen molar-refractivity contribution < 1.29 is 15.0 Å². The van der Waals surface area contributed by atoms with E-state index >= 15 is 0 Å². The van der Waals surface area contributed by atoms with Gasteiger partial charge in [0.05, 0.1) is 0 Å². The van der Waals surface area contributed by atoms with E-state index in [2.05, 4.69) is 22.1 Å². The maximum Gasteiger partial charge on any atom is 0.253 e. The highest BCUT2D eigenvalue weighted by Crippen LogP contribution is 2.21. The minimum absolute atomic E-state index is 0.114. The molecule has 1 aromatic heterocycles. The molecule has 144 valence electrons. The highest BCUT2D eigenvalue weighted by molar-refractivity contribution is 5.95. The topological polar surface area (TPSA) is 85.4 Å². The van der Waals surface area contributed by atoms with Crippen LogP contribution in [0.2, 0.25) is 0 Å². The highest BCUT2D eigenvalue weighted by atomic mass is 16.3. The molecule has 3 aromatic rings. The summed E-state index contributed by atoms with van der Waals surface area (Å²) >= 11 is 0. The van der Waals surface area contributed by atoms with Crippen LogP contribution < -0.4 is 5.32 Å². The number of rotatable bonds is 6. The molecule has 5 heteroatoms. The molecule has 0 aliphatic rings. The van der Waals surface area contributed by atoms with Crippen LogP contribution in [-0.2, 0) is 6.42 Å². The largest absolute Gasteiger partial charge is 0.396 e. The van der Waals surface area contributed by atoms with Gasteiger partial charge in [0.2, 0.25) is 0 Å². The molecule has 0 spiro atoms. The van der Waals surface area contributed by atoms with E-state index in [1.165, 1.54) is 0 Å². The first-order valence-corrected chi connectivity index (χ1v) is 9.28. The fourth-order valence-electron chi connectivity index (χ4n) is 3.08. The Labute approximate surface area is 164 Å². The molecule has 3 rings (SSSR count). The normalized spacial score (nSPS) is 12.8. The van der Waals surface area contributed by atoms with Crippen molar-refractivity contribution in [1.82, 2.24) is 10.3 Å². The fourth-order valence-corrected chi connectivity index (χ4v) is 3.08. The van der Waals surface area contributed by atoms with Gasteiger partial charge in [-0.05, 0) is 43.2 Å². The molecule has 1 amide bonds. The Bertz CT molecular complexity index is 1020. The Hall–Kier alpha value is -3.07. The highest BCUT2D eigenvalue weighted by Gasteiger charge is 2.25. The minimum Gasteiger partial charge on any atom is -0.396 e. The zero-order valence-corrected chi connectivity index (χ0v) is 15.8. The summed E-state index contributed by atoms with van der Waals surface area (Å²) in [4.78, 5) is 15.8. The molecule has 5 nitrogen and oxygen atoms in total. The molecule has 0 radical (unpaired) electrons. The van der Waals surface area contributed by atoms with Gasteiger partial charge in [-0.2, -0.15) is 0 Å². The van der Waals surface area contributed by atoms with Gasteiger partial charge in [-0.15, -0.1) is 0 Å². The summed E-state index contributed by atoms with van der Waals surface area (Å²) in [6, 6.07) is 14.8. The van der Waals surface area contributed by atoms with Gasteiger partial charge in [-0.1, -0.05) is 36.1 Å². The van der Waals surface area contributed by atoms with Crippen LogP contribution in [0, 0.1) is 11.8 Å². The number of nitrogens with one attached hydrogen (secondary N) is 2. The maximum atomic E-state index is 12.6. The van der Waals surface area contributed by atoms with Gasteiger partial charge in [0.1, 0.15) is 5.72 Å². The van der Waals surface area contributed by atoms with Crippen LogP contribution in [0.15, 0.2) is 54.7 Å². The lowest BCUT2D eigenvalue weighted by molar-refractivity contribution is 0.0236. The van der Waals surface area contributed by atoms with Crippen LogP contribution in [0.1, 0.15) is 41.3 Å². The van der Waals surface area contributed by atoms with Crippen molar-refractivity contribution in [3.05, 3.63) is 71.4 Å². The number of aromatic amines is 1. The summed E-state index contributed by atoms with van der Waals surface area (Å²) in [6.45, 7) is 1.70. The zero-order chi connectivity index (χ0) is 20.0. The smallest absolute Gasteiger partial charge is 0.253 e. The number of aliphatic hydroxyl groups is 2. The number of unbranched alkanes of at least 4 members (excludes halogenated alkanes) is 1. The number of amides is 1. The molecule has 0 bridgehead atoms. The molecule has 1 atom stereocenters. The standard InChI is InChI=1S/C23H24N2O3/c1-23(28,15-19-16-24-21-12-5-4-11-20(19)21)25-22(27)18-10-7-9-17(14-18)8-3-2-6-13-26/h4-5,7,9-12,14,16,24,26,28H,2,6,13,15H2,1H3,(H,25,27)/t23-/m1/s1. The predicted octanol–water partition coefficient (Wildman–Crippen LogP) is 2.97. The Kier molecular flexibility index (Phi) is 6.15. The lowest BCUT2D eigenvalue weighted by atomic mass is 10.0. The zero-order valence-electron chi connectivity index (χ0n) is 15.8. The molecule has 0 saturated heterocycles. The minimum atomic E-state index is -1.40. The molecule has 0 aliphatic heterocycles. The van der Waals surface area contributed by atoms with Crippen LogP contribution in [0.4, 0.5) is 0 Å². The van der Waals surface area contributed by atoms with E-state index < -0.39 is 5.72 Å². The number of para-hydroxylation sites is 1. The van der Waals surface area contributed by atoms with E-state index in [-0.39, 0.29) is 18.9 Å². The number of benzene rings is 2. The summed E-state index contributed by atoms with van der Waals surface area (Å²) in [5, 5.41) is 23.3. The first kappa shape index (κ1) is 19.7. The number of carbonyl (C=O) groups excluding carboxylic acids is 1. The molecule has 0 fully saturated rings. The molecule has 1 heterocycles. The van der Waals surface area contributed by atoms with Crippen molar-refractivity contribution in [1.29, 1.82) is 0 Å². The van der Waals surface area contributed by atoms with Gasteiger partial charge < -0.3 is 20.5 Å². The van der Waals surface area contributed by atoms with E-state index in [9.17, 15) is 9.90 Å². The third kappa shape index (κ3) is 5.01. The lowest BCUT2D eigenvalue weighted by Crippen LogP contribution is -2.47. The molecule has 2 aromatic carbocycles. The van der Waals surface area contributed by atoms with Crippen LogP contribution >= 0.6 is 0 Å². The Morgan fingerprint density at radius 2 is 2.04 bits per heavy atom. The van der Waals surface area contributed by atoms with Crippen LogP contribution in [0.25, 0.3) is 10.9 Å². The first-order valence-electron chi connectivity index (χ1n) is 9.28. The molecule has 4 N–H and O–H groups in total. The van der Waals surface area contributed by atoms with Gasteiger partial charge in [-0.25, -0.2) is 0 Å². The Morgan fingerprint density at radius 3 is 2.86 bits per heavy atom. The van der Waals surface area contributed by atoms with Crippen molar-refractivity contribution in [2.75, 3.05) is 6.61 Å². The lowest BCUT2D eigenvalue weighted by Gasteiger charge is -2.24. The van der Waals surface area contributed by atoms with Crippen molar-refractivity contribution in [3.63, 3.8) is 0 Å². The maximum absolute atomic E-state index is 12.6. The summed E-state index contributed by atoms with van der Waals surface area (Å²) in [6.07, 6.45) is 3.37. The molecule has 0 unspecified atom stereocenters. The van der Waals surface area contributed by atoms with Gasteiger partial charge >= 0.3 is 0 Å². The summed E-state index contributed by atoms with van der Waals surface area (Å²) in [5.74, 6) is 5.60. The van der Waals surface area contributed by atoms with Crippen molar-refractivity contribution in [3.8, 4) is 11.8 Å².